The number of hydrogen-bond donors (Lipinski definition) is 1. The second-order valence-corrected chi connectivity index (χ2v) is 6.64. The van der Waals surface area contributed by atoms with Crippen LogP contribution < -0.4 is 5.43 Å². The minimum Gasteiger partial charge on any atom is -0.249 e. The Hall–Kier alpha value is -2.73. The van der Waals surface area contributed by atoms with Gasteiger partial charge in [0.2, 0.25) is 5.95 Å². The molecular weight excluding hydrogens is 348 g/mol. The molecule has 0 aliphatic heterocycles. The number of benzene rings is 1. The van der Waals surface area contributed by atoms with Gasteiger partial charge in [0.1, 0.15) is 5.15 Å². The summed E-state index contributed by atoms with van der Waals surface area (Å²) in [5.74, 6) is 0.458. The van der Waals surface area contributed by atoms with Gasteiger partial charge in [0.15, 0.2) is 0 Å². The Balaban J connectivity index is 1.76. The van der Waals surface area contributed by atoms with Gasteiger partial charge >= 0.3 is 0 Å². The van der Waals surface area contributed by atoms with Crippen LogP contribution in [0.25, 0.3) is 0 Å². The van der Waals surface area contributed by atoms with Crippen molar-refractivity contribution in [2.75, 3.05) is 5.43 Å². The molecule has 2 aromatic heterocycles. The lowest BCUT2D eigenvalue weighted by atomic mass is 10.1. The smallest absolute Gasteiger partial charge is 0.243 e. The van der Waals surface area contributed by atoms with Crippen molar-refractivity contribution >= 4 is 23.8 Å². The zero-order valence-corrected chi connectivity index (χ0v) is 16.0. The van der Waals surface area contributed by atoms with E-state index in [-0.39, 0.29) is 0 Å². The highest BCUT2D eigenvalue weighted by molar-refractivity contribution is 6.32. The Labute approximate surface area is 158 Å². The first-order valence-electron chi connectivity index (χ1n) is 8.32. The zero-order chi connectivity index (χ0) is 18.7. The number of halogens is 1. The Morgan fingerprint density at radius 2 is 1.73 bits per heavy atom. The maximum absolute atomic E-state index is 6.49. The van der Waals surface area contributed by atoms with Crippen LogP contribution in [0.1, 0.15) is 33.8 Å². The van der Waals surface area contributed by atoms with E-state index in [1.807, 2.05) is 26.8 Å². The van der Waals surface area contributed by atoms with Gasteiger partial charge in [-0.15, -0.1) is 0 Å². The van der Waals surface area contributed by atoms with Crippen LogP contribution in [0.3, 0.4) is 0 Å². The number of aryl methyl sites for hydroxylation is 4. The van der Waals surface area contributed by atoms with E-state index < -0.39 is 0 Å². The van der Waals surface area contributed by atoms with Gasteiger partial charge in [-0.3, -0.25) is 0 Å². The van der Waals surface area contributed by atoms with Crippen molar-refractivity contribution in [3.05, 3.63) is 69.3 Å². The maximum atomic E-state index is 6.49. The number of anilines is 1. The van der Waals surface area contributed by atoms with E-state index in [1.165, 1.54) is 5.56 Å². The fourth-order valence-electron chi connectivity index (χ4n) is 2.62. The van der Waals surface area contributed by atoms with Gasteiger partial charge in [-0.05, 0) is 39.3 Å². The van der Waals surface area contributed by atoms with Crippen molar-refractivity contribution in [2.24, 2.45) is 5.10 Å². The molecule has 134 valence electrons. The van der Waals surface area contributed by atoms with Crippen LogP contribution in [0.5, 0.6) is 0 Å². The van der Waals surface area contributed by atoms with E-state index in [4.69, 9.17) is 11.6 Å². The first-order chi connectivity index (χ1) is 12.4. The fourth-order valence-corrected chi connectivity index (χ4v) is 2.90. The minimum absolute atomic E-state index is 0.458. The molecule has 0 aliphatic carbocycles. The molecule has 1 N–H and O–H groups in total. The van der Waals surface area contributed by atoms with E-state index >= 15 is 0 Å². The second-order valence-electron chi connectivity index (χ2n) is 6.28. The molecule has 6 nitrogen and oxygen atoms in total. The predicted octanol–water partition coefficient (Wildman–Crippen LogP) is 4.05. The summed E-state index contributed by atoms with van der Waals surface area (Å²) in [4.78, 5) is 8.58. The second kappa shape index (κ2) is 7.66. The Morgan fingerprint density at radius 3 is 2.38 bits per heavy atom. The molecule has 7 heteroatoms. The van der Waals surface area contributed by atoms with Gasteiger partial charge in [0, 0.05) is 11.4 Å². The van der Waals surface area contributed by atoms with Crippen molar-refractivity contribution in [2.45, 2.75) is 34.2 Å². The van der Waals surface area contributed by atoms with Crippen LogP contribution in [0.4, 0.5) is 5.95 Å². The minimum atomic E-state index is 0.458. The third-order valence-corrected chi connectivity index (χ3v) is 4.30. The third-order valence-electron chi connectivity index (χ3n) is 3.90. The quantitative estimate of drug-likeness (QED) is 0.544. The summed E-state index contributed by atoms with van der Waals surface area (Å²) in [5, 5.41) is 9.28. The van der Waals surface area contributed by atoms with E-state index in [9.17, 15) is 0 Å². The monoisotopic (exact) mass is 368 g/mol. The standard InChI is InChI=1S/C19H21ClN6/c1-12-5-7-16(8-6-12)11-26-18(20)17(15(4)25-26)10-21-24-19-22-13(2)9-14(3)23-19/h5-10H,11H2,1-4H3,(H,22,23,24)/b21-10-. The van der Waals surface area contributed by atoms with Crippen molar-refractivity contribution in [3.63, 3.8) is 0 Å². The van der Waals surface area contributed by atoms with Gasteiger partial charge in [-0.25, -0.2) is 20.1 Å². The molecule has 0 saturated heterocycles. The van der Waals surface area contributed by atoms with Crippen LogP contribution in [0.15, 0.2) is 35.4 Å². The third kappa shape index (κ3) is 4.26. The highest BCUT2D eigenvalue weighted by atomic mass is 35.5. The Bertz CT molecular complexity index is 923. The Morgan fingerprint density at radius 1 is 1.08 bits per heavy atom. The molecule has 0 spiro atoms. The number of nitrogens with one attached hydrogen (secondary N) is 1. The predicted molar refractivity (Wildman–Crippen MR) is 105 cm³/mol. The number of aromatic nitrogens is 4. The summed E-state index contributed by atoms with van der Waals surface area (Å²) < 4.78 is 1.77. The molecule has 3 rings (SSSR count). The van der Waals surface area contributed by atoms with Gasteiger partial charge in [-0.1, -0.05) is 41.4 Å². The number of hydrazone groups is 1. The number of rotatable bonds is 5. The van der Waals surface area contributed by atoms with E-state index in [0.717, 1.165) is 28.2 Å². The van der Waals surface area contributed by atoms with Crippen molar-refractivity contribution < 1.29 is 0 Å². The highest BCUT2D eigenvalue weighted by Crippen LogP contribution is 2.19. The molecule has 1 aromatic carbocycles. The average Bonchev–Trinajstić information content (AvgIpc) is 2.83. The van der Waals surface area contributed by atoms with E-state index in [1.54, 1.807) is 10.9 Å². The number of hydrogen-bond acceptors (Lipinski definition) is 5. The normalized spacial score (nSPS) is 11.3. The Kier molecular flexibility index (Phi) is 5.32. The molecular formula is C19H21ClN6. The molecule has 0 unspecified atom stereocenters. The summed E-state index contributed by atoms with van der Waals surface area (Å²) in [7, 11) is 0. The van der Waals surface area contributed by atoms with Crippen LogP contribution in [-0.2, 0) is 6.54 Å². The lowest BCUT2D eigenvalue weighted by molar-refractivity contribution is 0.680. The SMILES string of the molecule is Cc1ccc(Cn2nc(C)c(/C=N\Nc3nc(C)cc(C)n3)c2Cl)cc1. The molecule has 0 saturated carbocycles. The summed E-state index contributed by atoms with van der Waals surface area (Å²) in [5.41, 5.74) is 8.57. The lowest BCUT2D eigenvalue weighted by Crippen LogP contribution is -2.02. The fraction of sp³-hybridized carbons (Fsp3) is 0.263. The van der Waals surface area contributed by atoms with Crippen molar-refractivity contribution in [1.82, 2.24) is 19.7 Å². The molecule has 3 aromatic rings. The van der Waals surface area contributed by atoms with Crippen LogP contribution >= 0.6 is 11.6 Å². The van der Waals surface area contributed by atoms with E-state index in [0.29, 0.717) is 17.6 Å². The molecule has 0 bridgehead atoms. The summed E-state index contributed by atoms with van der Waals surface area (Å²) in [6.07, 6.45) is 1.65. The molecule has 0 aliphatic rings. The van der Waals surface area contributed by atoms with Gasteiger partial charge in [0.05, 0.1) is 24.0 Å². The summed E-state index contributed by atoms with van der Waals surface area (Å²) >= 11 is 6.49. The van der Waals surface area contributed by atoms with Gasteiger partial charge < -0.3 is 0 Å². The molecule has 0 fully saturated rings. The van der Waals surface area contributed by atoms with Crippen LogP contribution in [0.2, 0.25) is 5.15 Å². The van der Waals surface area contributed by atoms with Gasteiger partial charge in [-0.2, -0.15) is 10.2 Å². The van der Waals surface area contributed by atoms with Crippen molar-refractivity contribution in [1.29, 1.82) is 0 Å². The largest absolute Gasteiger partial charge is 0.249 e. The highest BCUT2D eigenvalue weighted by Gasteiger charge is 2.12. The maximum Gasteiger partial charge on any atom is 0.243 e. The average molecular weight is 369 g/mol. The molecule has 0 atom stereocenters. The first kappa shape index (κ1) is 18.1. The number of nitrogens with zero attached hydrogens (tertiary/aromatic N) is 5. The van der Waals surface area contributed by atoms with Crippen molar-refractivity contribution in [3.8, 4) is 0 Å². The molecule has 0 amide bonds. The molecule has 26 heavy (non-hydrogen) atoms. The lowest BCUT2D eigenvalue weighted by Gasteiger charge is -2.04. The first-order valence-corrected chi connectivity index (χ1v) is 8.70. The topological polar surface area (TPSA) is 68.0 Å². The van der Waals surface area contributed by atoms with Crippen LogP contribution in [0, 0.1) is 27.7 Å². The summed E-state index contributed by atoms with van der Waals surface area (Å²) in [6.45, 7) is 8.42. The van der Waals surface area contributed by atoms with Gasteiger partial charge in [0.25, 0.3) is 0 Å². The zero-order valence-electron chi connectivity index (χ0n) is 15.3. The molecule has 0 radical (unpaired) electrons. The van der Waals surface area contributed by atoms with E-state index in [2.05, 4.69) is 56.8 Å². The van der Waals surface area contributed by atoms with Crippen LogP contribution in [-0.4, -0.2) is 26.0 Å². The summed E-state index contributed by atoms with van der Waals surface area (Å²) in [6, 6.07) is 10.2. The molecule has 2 heterocycles.